The van der Waals surface area contributed by atoms with Crippen molar-refractivity contribution in [3.8, 4) is 0 Å². The molecule has 0 aromatic carbocycles. The van der Waals surface area contributed by atoms with Crippen molar-refractivity contribution in [1.82, 2.24) is 0 Å². The van der Waals surface area contributed by atoms with Gasteiger partial charge in [0.05, 0.1) is 0 Å². The first-order chi connectivity index (χ1) is 2.64. The summed E-state index contributed by atoms with van der Waals surface area (Å²) < 4.78 is 0. The molecule has 0 N–H and O–H groups in total. The molecule has 0 fully saturated rings. The van der Waals surface area contributed by atoms with E-state index in [0.717, 1.165) is 0 Å². The molecule has 0 aliphatic rings. The molecule has 0 radical (unpaired) electrons. The van der Waals surface area contributed by atoms with Crippen molar-refractivity contribution in [2.75, 3.05) is 0 Å². The summed E-state index contributed by atoms with van der Waals surface area (Å²) in [5.74, 6) is 0.111. The van der Waals surface area contributed by atoms with Crippen LogP contribution in [0.5, 0.6) is 0 Å². The van der Waals surface area contributed by atoms with Gasteiger partial charge in [-0.1, -0.05) is 13.8 Å². The molecule has 0 amide bonds. The second kappa shape index (κ2) is 4.30. The molecule has 0 spiro atoms. The normalized spacial score (nSPS) is 7.86. The third-order valence-electron chi connectivity index (χ3n) is 0.644. The van der Waals surface area contributed by atoms with Crippen molar-refractivity contribution in [3.05, 3.63) is 12.3 Å². The van der Waals surface area contributed by atoms with Crippen molar-refractivity contribution in [1.29, 1.82) is 0 Å². The summed E-state index contributed by atoms with van der Waals surface area (Å²) in [5, 5.41) is 10.0. The summed E-state index contributed by atoms with van der Waals surface area (Å²) in [4.78, 5) is 0. The smallest absolute Gasteiger partial charge is 0.876 e. The molecule has 2 heteroatoms. The molecule has 0 heterocycles. The average Bonchev–Trinajstić information content (AvgIpc) is 1.36. The van der Waals surface area contributed by atoms with Gasteiger partial charge in [-0.15, -0.1) is 12.3 Å². The third kappa shape index (κ3) is 6.14. The van der Waals surface area contributed by atoms with Crippen molar-refractivity contribution in [3.63, 3.8) is 0 Å². The Morgan fingerprint density at radius 2 is 1.71 bits per heavy atom. The fourth-order valence-corrected chi connectivity index (χ4v) is 0. The van der Waals surface area contributed by atoms with Crippen LogP contribution < -0.4 is 24.0 Å². The standard InChI is InChI=1S/C5H10O.Li/c1-4(2)5(3)6;/h4,6H,3H2,1-2H3;/q;+1/p-1. The number of rotatable bonds is 1. The molecule has 0 saturated heterocycles. The molecule has 36 valence electrons. The Balaban J connectivity index is 0. The topological polar surface area (TPSA) is 23.1 Å². The van der Waals surface area contributed by atoms with E-state index in [-0.39, 0.29) is 30.5 Å². The summed E-state index contributed by atoms with van der Waals surface area (Å²) in [5.41, 5.74) is 0. The Morgan fingerprint density at radius 3 is 1.71 bits per heavy atom. The fourth-order valence-electron chi connectivity index (χ4n) is 0. The zero-order valence-corrected chi connectivity index (χ0v) is 5.19. The van der Waals surface area contributed by atoms with Crippen molar-refractivity contribution in [2.45, 2.75) is 13.8 Å². The molecule has 0 aliphatic heterocycles. The van der Waals surface area contributed by atoms with E-state index in [9.17, 15) is 5.11 Å². The molecular weight excluding hydrogens is 83.0 g/mol. The Bertz CT molecular complexity index is 59.1. The van der Waals surface area contributed by atoms with Crippen LogP contribution in [0.3, 0.4) is 0 Å². The summed E-state index contributed by atoms with van der Waals surface area (Å²) in [7, 11) is 0. The van der Waals surface area contributed by atoms with Gasteiger partial charge in [0.15, 0.2) is 0 Å². The maximum Gasteiger partial charge on any atom is 1.00 e. The second-order valence-corrected chi connectivity index (χ2v) is 1.62. The van der Waals surface area contributed by atoms with E-state index >= 15 is 0 Å². The van der Waals surface area contributed by atoms with E-state index in [1.165, 1.54) is 0 Å². The molecule has 0 atom stereocenters. The molecule has 0 aliphatic carbocycles. The fraction of sp³-hybridized carbons (Fsp3) is 0.600. The van der Waals surface area contributed by atoms with Crippen LogP contribution in [-0.2, 0) is 0 Å². The van der Waals surface area contributed by atoms with Crippen LogP contribution >= 0.6 is 0 Å². The van der Waals surface area contributed by atoms with Crippen molar-refractivity contribution in [2.24, 2.45) is 5.92 Å². The van der Waals surface area contributed by atoms with Crippen molar-refractivity contribution < 1.29 is 24.0 Å². The Kier molecular flexibility index (Phi) is 6.26. The maximum atomic E-state index is 10.0. The van der Waals surface area contributed by atoms with Crippen LogP contribution in [0.2, 0.25) is 0 Å². The van der Waals surface area contributed by atoms with Gasteiger partial charge >= 0.3 is 18.9 Å². The van der Waals surface area contributed by atoms with Gasteiger partial charge in [0.2, 0.25) is 0 Å². The predicted octanol–water partition coefficient (Wildman–Crippen LogP) is -2.48. The Morgan fingerprint density at radius 1 is 1.57 bits per heavy atom. The SMILES string of the molecule is C=C([O-])C(C)C.[Li+]. The molecule has 0 rings (SSSR count). The molecule has 0 unspecified atom stereocenters. The van der Waals surface area contributed by atoms with E-state index in [4.69, 9.17) is 0 Å². The summed E-state index contributed by atoms with van der Waals surface area (Å²) in [6.07, 6.45) is 0. The van der Waals surface area contributed by atoms with Crippen LogP contribution in [0.4, 0.5) is 0 Å². The molecular formula is C5H9LiO. The predicted molar refractivity (Wildman–Crippen MR) is 24.0 cm³/mol. The van der Waals surface area contributed by atoms with Gasteiger partial charge in [-0.25, -0.2) is 0 Å². The van der Waals surface area contributed by atoms with Crippen LogP contribution in [-0.4, -0.2) is 0 Å². The van der Waals surface area contributed by atoms with Crippen LogP contribution in [0.15, 0.2) is 12.3 Å². The first-order valence-corrected chi connectivity index (χ1v) is 2.00. The Labute approximate surface area is 56.6 Å². The minimum atomic E-state index is 0. The van der Waals surface area contributed by atoms with E-state index in [2.05, 4.69) is 6.58 Å². The quantitative estimate of drug-likeness (QED) is 0.259. The molecule has 0 bridgehead atoms. The van der Waals surface area contributed by atoms with Crippen LogP contribution in [0.1, 0.15) is 13.8 Å². The van der Waals surface area contributed by atoms with Crippen molar-refractivity contribution >= 4 is 0 Å². The molecule has 1 nitrogen and oxygen atoms in total. The van der Waals surface area contributed by atoms with Gasteiger partial charge < -0.3 is 5.11 Å². The summed E-state index contributed by atoms with van der Waals surface area (Å²) in [6, 6.07) is 0. The monoisotopic (exact) mass is 92.1 g/mol. The van der Waals surface area contributed by atoms with Gasteiger partial charge in [0.1, 0.15) is 0 Å². The minimum Gasteiger partial charge on any atom is -0.876 e. The maximum absolute atomic E-state index is 10.0. The average molecular weight is 92.1 g/mol. The second-order valence-electron chi connectivity index (χ2n) is 1.62. The largest absolute Gasteiger partial charge is 1.00 e. The molecule has 0 aromatic heterocycles. The van der Waals surface area contributed by atoms with Gasteiger partial charge in [-0.05, 0) is 5.92 Å². The zero-order chi connectivity index (χ0) is 5.15. The van der Waals surface area contributed by atoms with E-state index in [0.29, 0.717) is 0 Å². The number of hydrogen-bond donors (Lipinski definition) is 0. The minimum absolute atomic E-state index is 0. The Hall–Kier alpha value is 0.137. The number of hydrogen-bond acceptors (Lipinski definition) is 1. The van der Waals surface area contributed by atoms with Gasteiger partial charge in [-0.3, -0.25) is 0 Å². The van der Waals surface area contributed by atoms with Gasteiger partial charge in [0, 0.05) is 0 Å². The third-order valence-corrected chi connectivity index (χ3v) is 0.644. The first-order valence-electron chi connectivity index (χ1n) is 2.00. The number of allylic oxidation sites excluding steroid dienone is 1. The van der Waals surface area contributed by atoms with E-state index in [1.807, 2.05) is 13.8 Å². The van der Waals surface area contributed by atoms with Gasteiger partial charge in [0.25, 0.3) is 0 Å². The van der Waals surface area contributed by atoms with E-state index < -0.39 is 0 Å². The summed E-state index contributed by atoms with van der Waals surface area (Å²) in [6.45, 7) is 6.86. The van der Waals surface area contributed by atoms with Crippen LogP contribution in [0, 0.1) is 5.92 Å². The summed E-state index contributed by atoms with van der Waals surface area (Å²) >= 11 is 0. The molecule has 7 heavy (non-hydrogen) atoms. The molecule has 0 saturated carbocycles. The van der Waals surface area contributed by atoms with Crippen LogP contribution in [0.25, 0.3) is 0 Å². The molecule has 0 aromatic rings. The van der Waals surface area contributed by atoms with Gasteiger partial charge in [-0.2, -0.15) is 0 Å². The van der Waals surface area contributed by atoms with E-state index in [1.54, 1.807) is 0 Å². The zero-order valence-electron chi connectivity index (χ0n) is 5.19. The first kappa shape index (κ1) is 10.2.